The highest BCUT2D eigenvalue weighted by molar-refractivity contribution is 6.02. The second kappa shape index (κ2) is 7.80. The van der Waals surface area contributed by atoms with E-state index in [4.69, 9.17) is 9.47 Å². The minimum atomic E-state index is -0.296. The van der Waals surface area contributed by atoms with E-state index in [1.54, 1.807) is 0 Å². The van der Waals surface area contributed by atoms with Crippen LogP contribution in [0.5, 0.6) is 0 Å². The van der Waals surface area contributed by atoms with Crippen LogP contribution in [0.2, 0.25) is 0 Å². The van der Waals surface area contributed by atoms with Crippen LogP contribution in [0.15, 0.2) is 11.1 Å². The van der Waals surface area contributed by atoms with E-state index in [1.165, 1.54) is 0 Å². The minimum absolute atomic E-state index is 0.174. The van der Waals surface area contributed by atoms with E-state index in [1.807, 2.05) is 0 Å². The molecule has 0 saturated heterocycles. The van der Waals surface area contributed by atoms with Gasteiger partial charge in [-0.15, -0.1) is 0 Å². The zero-order chi connectivity index (χ0) is 16.1. The predicted molar refractivity (Wildman–Crippen MR) is 84.1 cm³/mol. The second-order valence-corrected chi connectivity index (χ2v) is 6.56. The van der Waals surface area contributed by atoms with Crippen molar-refractivity contribution in [3.05, 3.63) is 11.1 Å². The van der Waals surface area contributed by atoms with Gasteiger partial charge in [0.25, 0.3) is 0 Å². The quantitative estimate of drug-likeness (QED) is 0.507. The maximum absolute atomic E-state index is 12.4. The molecule has 0 amide bonds. The van der Waals surface area contributed by atoms with Crippen molar-refractivity contribution in [1.29, 1.82) is 0 Å². The number of carbonyl (C=O) groups is 2. The monoisotopic (exact) mass is 308 g/mol. The molecule has 2 rings (SSSR count). The van der Waals surface area contributed by atoms with Gasteiger partial charge in [0.2, 0.25) is 0 Å². The van der Waals surface area contributed by atoms with Crippen molar-refractivity contribution in [1.82, 2.24) is 0 Å². The van der Waals surface area contributed by atoms with Crippen molar-refractivity contribution >= 4 is 11.9 Å². The normalized spacial score (nSPS) is 26.4. The molecule has 3 atom stereocenters. The average molecular weight is 308 g/mol. The summed E-state index contributed by atoms with van der Waals surface area (Å²) in [5.41, 5.74) is 1.22. The number of carbonyl (C=O) groups excluding carboxylic acids is 2. The van der Waals surface area contributed by atoms with Crippen LogP contribution in [0.25, 0.3) is 0 Å². The number of unbranched alkanes of at least 4 members (excludes halogenated alkanes) is 2. The van der Waals surface area contributed by atoms with E-state index in [0.29, 0.717) is 30.3 Å². The van der Waals surface area contributed by atoms with Crippen molar-refractivity contribution in [3.63, 3.8) is 0 Å². The van der Waals surface area contributed by atoms with Crippen molar-refractivity contribution in [2.24, 2.45) is 17.8 Å². The average Bonchev–Trinajstić information content (AvgIpc) is 3.04. The zero-order valence-corrected chi connectivity index (χ0v) is 14.0. The molecular weight excluding hydrogens is 280 g/mol. The first kappa shape index (κ1) is 17.0. The molecule has 0 aromatic rings. The third-order valence-corrected chi connectivity index (χ3v) is 4.85. The molecule has 2 aliphatic carbocycles. The minimum Gasteiger partial charge on any atom is -0.462 e. The van der Waals surface area contributed by atoms with E-state index >= 15 is 0 Å². The molecule has 3 unspecified atom stereocenters. The number of fused-ring (bicyclic) bond motifs is 2. The Hall–Kier alpha value is -1.32. The van der Waals surface area contributed by atoms with E-state index in [9.17, 15) is 9.59 Å². The van der Waals surface area contributed by atoms with E-state index in [2.05, 4.69) is 20.8 Å². The Morgan fingerprint density at radius 2 is 1.50 bits per heavy atom. The van der Waals surface area contributed by atoms with E-state index < -0.39 is 0 Å². The summed E-state index contributed by atoms with van der Waals surface area (Å²) in [6.45, 7) is 7.14. The van der Waals surface area contributed by atoms with Crippen molar-refractivity contribution in [2.45, 2.75) is 59.3 Å². The van der Waals surface area contributed by atoms with Gasteiger partial charge in [0.15, 0.2) is 0 Å². The summed E-state index contributed by atoms with van der Waals surface area (Å²) in [6, 6.07) is 0. The highest BCUT2D eigenvalue weighted by atomic mass is 16.5. The van der Waals surface area contributed by atoms with Crippen LogP contribution in [-0.4, -0.2) is 25.2 Å². The van der Waals surface area contributed by atoms with Crippen LogP contribution >= 0.6 is 0 Å². The van der Waals surface area contributed by atoms with Crippen LogP contribution in [0.1, 0.15) is 59.3 Å². The summed E-state index contributed by atoms with van der Waals surface area (Å²) in [5.74, 6) is 0.215. The Kier molecular flexibility index (Phi) is 6.04. The summed E-state index contributed by atoms with van der Waals surface area (Å²) in [5, 5.41) is 0. The number of ether oxygens (including phenoxy) is 2. The topological polar surface area (TPSA) is 52.6 Å². The molecular formula is C18H28O4. The molecule has 0 radical (unpaired) electrons. The molecule has 124 valence electrons. The first-order valence-corrected chi connectivity index (χ1v) is 8.68. The first-order valence-electron chi connectivity index (χ1n) is 8.68. The molecule has 4 heteroatoms. The SMILES string of the molecule is CCCCOC(=O)C1=C(C(=O)OCCCC)C2CC1CC2C. The van der Waals surface area contributed by atoms with E-state index in [-0.39, 0.29) is 23.8 Å². The predicted octanol–water partition coefficient (Wildman–Crippen LogP) is 3.65. The van der Waals surface area contributed by atoms with Crippen LogP contribution in [-0.2, 0) is 19.1 Å². The molecule has 2 aliphatic rings. The standard InChI is InChI=1S/C18H28O4/c1-4-6-8-21-17(19)15-13-10-12(3)14(11-13)16(15)18(20)22-9-7-5-2/h12-14H,4-11H2,1-3H3. The number of hydrogen-bond donors (Lipinski definition) is 0. The van der Waals surface area contributed by atoms with Gasteiger partial charge in [0, 0.05) is 0 Å². The van der Waals surface area contributed by atoms with Crippen LogP contribution in [0.3, 0.4) is 0 Å². The van der Waals surface area contributed by atoms with Gasteiger partial charge in [-0.1, -0.05) is 33.6 Å². The molecule has 2 bridgehead atoms. The van der Waals surface area contributed by atoms with Gasteiger partial charge in [-0.05, 0) is 43.4 Å². The van der Waals surface area contributed by atoms with Crippen LogP contribution in [0, 0.1) is 17.8 Å². The Morgan fingerprint density at radius 3 is 2.05 bits per heavy atom. The Bertz CT molecular complexity index is 452. The smallest absolute Gasteiger partial charge is 0.334 e. The second-order valence-electron chi connectivity index (χ2n) is 6.56. The van der Waals surface area contributed by atoms with Crippen molar-refractivity contribution in [3.8, 4) is 0 Å². The van der Waals surface area contributed by atoms with Gasteiger partial charge in [-0.3, -0.25) is 0 Å². The molecule has 0 N–H and O–H groups in total. The summed E-state index contributed by atoms with van der Waals surface area (Å²) in [4.78, 5) is 24.8. The maximum atomic E-state index is 12.4. The number of rotatable bonds is 8. The fraction of sp³-hybridized carbons (Fsp3) is 0.778. The van der Waals surface area contributed by atoms with Gasteiger partial charge < -0.3 is 9.47 Å². The number of hydrogen-bond acceptors (Lipinski definition) is 4. The Labute approximate surface area is 133 Å². The summed E-state index contributed by atoms with van der Waals surface area (Å²) < 4.78 is 10.7. The maximum Gasteiger partial charge on any atom is 0.334 e. The van der Waals surface area contributed by atoms with Gasteiger partial charge in [-0.25, -0.2) is 9.59 Å². The van der Waals surface area contributed by atoms with Gasteiger partial charge >= 0.3 is 11.9 Å². The summed E-state index contributed by atoms with van der Waals surface area (Å²) in [6.07, 6.45) is 5.58. The molecule has 1 fully saturated rings. The molecule has 22 heavy (non-hydrogen) atoms. The molecule has 0 aliphatic heterocycles. The lowest BCUT2D eigenvalue weighted by Gasteiger charge is -2.22. The fourth-order valence-electron chi connectivity index (χ4n) is 3.62. The molecule has 0 aromatic carbocycles. The van der Waals surface area contributed by atoms with Crippen LogP contribution < -0.4 is 0 Å². The lowest BCUT2D eigenvalue weighted by molar-refractivity contribution is -0.143. The number of esters is 2. The van der Waals surface area contributed by atoms with Gasteiger partial charge in [-0.2, -0.15) is 0 Å². The van der Waals surface area contributed by atoms with Crippen molar-refractivity contribution < 1.29 is 19.1 Å². The lowest BCUT2D eigenvalue weighted by atomic mass is 9.84. The molecule has 0 aromatic heterocycles. The zero-order valence-electron chi connectivity index (χ0n) is 14.0. The third kappa shape index (κ3) is 3.53. The molecule has 0 heterocycles. The summed E-state index contributed by atoms with van der Waals surface area (Å²) in [7, 11) is 0. The lowest BCUT2D eigenvalue weighted by Crippen LogP contribution is -2.25. The Balaban J connectivity index is 2.11. The van der Waals surface area contributed by atoms with Gasteiger partial charge in [0.1, 0.15) is 0 Å². The third-order valence-electron chi connectivity index (χ3n) is 4.85. The fourth-order valence-corrected chi connectivity index (χ4v) is 3.62. The molecule has 1 saturated carbocycles. The van der Waals surface area contributed by atoms with E-state index in [0.717, 1.165) is 38.5 Å². The van der Waals surface area contributed by atoms with Crippen LogP contribution in [0.4, 0.5) is 0 Å². The van der Waals surface area contributed by atoms with Crippen molar-refractivity contribution in [2.75, 3.05) is 13.2 Å². The highest BCUT2D eigenvalue weighted by Crippen LogP contribution is 2.52. The molecule has 4 nitrogen and oxygen atoms in total. The summed E-state index contributed by atoms with van der Waals surface area (Å²) >= 11 is 0. The highest BCUT2D eigenvalue weighted by Gasteiger charge is 2.49. The largest absolute Gasteiger partial charge is 0.462 e. The van der Waals surface area contributed by atoms with Gasteiger partial charge in [0.05, 0.1) is 24.4 Å². The Morgan fingerprint density at radius 1 is 0.955 bits per heavy atom. The molecule has 0 spiro atoms. The first-order chi connectivity index (χ1) is 10.6.